The normalized spacial score (nSPS) is 12.2. The van der Waals surface area contributed by atoms with E-state index in [1.165, 1.54) is 5.56 Å². The molecule has 0 aliphatic rings. The van der Waals surface area contributed by atoms with Gasteiger partial charge in [-0.05, 0) is 36.8 Å². The van der Waals surface area contributed by atoms with Crippen LogP contribution in [0.2, 0.25) is 0 Å². The predicted octanol–water partition coefficient (Wildman–Crippen LogP) is 5.21. The molecule has 2 aromatic heterocycles. The van der Waals surface area contributed by atoms with E-state index in [-0.39, 0.29) is 6.04 Å². The van der Waals surface area contributed by atoms with Gasteiger partial charge in [0.1, 0.15) is 17.1 Å². The molecule has 0 saturated heterocycles. The van der Waals surface area contributed by atoms with Gasteiger partial charge in [-0.25, -0.2) is 4.98 Å². The molecule has 1 unspecified atom stereocenters. The molecule has 6 nitrogen and oxygen atoms in total. The molecule has 160 valence electrons. The third-order valence-corrected chi connectivity index (χ3v) is 5.61. The summed E-state index contributed by atoms with van der Waals surface area (Å²) in [6, 6.07) is 26.2. The Morgan fingerprint density at radius 3 is 2.53 bits per heavy atom. The van der Waals surface area contributed by atoms with Gasteiger partial charge < -0.3 is 15.8 Å². The van der Waals surface area contributed by atoms with Crippen molar-refractivity contribution in [2.24, 2.45) is 5.73 Å². The number of fused-ring (bicyclic) bond motifs is 2. The quantitative estimate of drug-likeness (QED) is 0.392. The largest absolute Gasteiger partial charge is 0.494 e. The van der Waals surface area contributed by atoms with Crippen molar-refractivity contribution in [3.05, 3.63) is 90.1 Å². The lowest BCUT2D eigenvalue weighted by Crippen LogP contribution is -2.14. The standard InChI is InChI=1S/C26H25N5O/c1-17(27)22-15-19-11-6-7-13-21(19)31(22)26-29-24-20(12-8-14-23(24)32-2)25(30-26)28-16-18-9-4-3-5-10-18/h3-15,17H,16,27H2,1-2H3,(H,28,29,30). The summed E-state index contributed by atoms with van der Waals surface area (Å²) < 4.78 is 7.67. The Kier molecular flexibility index (Phi) is 5.21. The topological polar surface area (TPSA) is 78.0 Å². The molecule has 0 radical (unpaired) electrons. The average molecular weight is 424 g/mol. The van der Waals surface area contributed by atoms with Crippen molar-refractivity contribution in [3.8, 4) is 11.7 Å². The molecule has 6 heteroatoms. The molecular weight excluding hydrogens is 398 g/mol. The molecule has 0 fully saturated rings. The summed E-state index contributed by atoms with van der Waals surface area (Å²) in [5.41, 5.74) is 10.2. The molecule has 3 aromatic carbocycles. The van der Waals surface area contributed by atoms with E-state index in [1.807, 2.05) is 60.0 Å². The van der Waals surface area contributed by atoms with Gasteiger partial charge in [0.05, 0.1) is 12.6 Å². The van der Waals surface area contributed by atoms with Crippen LogP contribution in [-0.2, 0) is 6.54 Å². The summed E-state index contributed by atoms with van der Waals surface area (Å²) in [5, 5.41) is 5.51. The maximum Gasteiger partial charge on any atom is 0.237 e. The van der Waals surface area contributed by atoms with E-state index in [0.717, 1.165) is 33.3 Å². The molecule has 2 heterocycles. The van der Waals surface area contributed by atoms with Crippen molar-refractivity contribution < 1.29 is 4.74 Å². The molecule has 5 aromatic rings. The Morgan fingerprint density at radius 2 is 1.75 bits per heavy atom. The first-order valence-electron chi connectivity index (χ1n) is 10.6. The summed E-state index contributed by atoms with van der Waals surface area (Å²) >= 11 is 0. The highest BCUT2D eigenvalue weighted by molar-refractivity contribution is 5.94. The first kappa shape index (κ1) is 20.0. The van der Waals surface area contributed by atoms with E-state index in [4.69, 9.17) is 20.4 Å². The van der Waals surface area contributed by atoms with Crippen LogP contribution in [0, 0.1) is 0 Å². The third kappa shape index (κ3) is 3.55. The average Bonchev–Trinajstić information content (AvgIpc) is 3.23. The van der Waals surface area contributed by atoms with Crippen molar-refractivity contribution in [2.45, 2.75) is 19.5 Å². The molecule has 32 heavy (non-hydrogen) atoms. The first-order chi connectivity index (χ1) is 15.7. The van der Waals surface area contributed by atoms with Gasteiger partial charge in [-0.3, -0.25) is 4.57 Å². The number of methoxy groups -OCH3 is 1. The molecule has 0 amide bonds. The number of nitrogens with two attached hydrogens (primary N) is 1. The van der Waals surface area contributed by atoms with Crippen LogP contribution in [0.4, 0.5) is 5.82 Å². The second kappa shape index (κ2) is 8.32. The Labute approximate surface area is 186 Å². The number of hydrogen-bond donors (Lipinski definition) is 2. The fourth-order valence-electron chi connectivity index (χ4n) is 4.03. The lowest BCUT2D eigenvalue weighted by molar-refractivity contribution is 0.419. The molecule has 0 saturated carbocycles. The Bertz CT molecular complexity index is 1390. The highest BCUT2D eigenvalue weighted by atomic mass is 16.5. The minimum absolute atomic E-state index is 0.180. The Hall–Kier alpha value is -3.90. The number of anilines is 1. The van der Waals surface area contributed by atoms with Crippen LogP contribution in [0.25, 0.3) is 27.8 Å². The monoisotopic (exact) mass is 423 g/mol. The lowest BCUT2D eigenvalue weighted by atomic mass is 10.2. The van der Waals surface area contributed by atoms with E-state index in [9.17, 15) is 0 Å². The fourth-order valence-corrected chi connectivity index (χ4v) is 4.03. The van der Waals surface area contributed by atoms with Gasteiger partial charge in [-0.15, -0.1) is 0 Å². The second-order valence-electron chi connectivity index (χ2n) is 7.82. The summed E-state index contributed by atoms with van der Waals surface area (Å²) in [5.74, 6) is 2.01. The maximum atomic E-state index is 6.34. The molecule has 3 N–H and O–H groups in total. The summed E-state index contributed by atoms with van der Waals surface area (Å²) in [7, 11) is 1.66. The van der Waals surface area contributed by atoms with Crippen LogP contribution >= 0.6 is 0 Å². The van der Waals surface area contributed by atoms with E-state index < -0.39 is 0 Å². The van der Waals surface area contributed by atoms with Gasteiger partial charge in [0.25, 0.3) is 0 Å². The van der Waals surface area contributed by atoms with Crippen molar-refractivity contribution >= 4 is 27.6 Å². The number of nitrogens with one attached hydrogen (secondary N) is 1. The number of hydrogen-bond acceptors (Lipinski definition) is 5. The SMILES string of the molecule is COc1cccc2c(NCc3ccccc3)nc(-n3c(C(C)N)cc4ccccc43)nc12. The van der Waals surface area contributed by atoms with Gasteiger partial charge in [0, 0.05) is 29.1 Å². The summed E-state index contributed by atoms with van der Waals surface area (Å²) in [4.78, 5) is 9.89. The van der Waals surface area contributed by atoms with Crippen LogP contribution in [-0.4, -0.2) is 21.6 Å². The maximum absolute atomic E-state index is 6.34. The molecule has 1 atom stereocenters. The number of ether oxygens (including phenoxy) is 1. The van der Waals surface area contributed by atoms with Crippen LogP contribution in [0.3, 0.4) is 0 Å². The van der Waals surface area contributed by atoms with Crippen LogP contribution < -0.4 is 15.8 Å². The van der Waals surface area contributed by atoms with Crippen molar-refractivity contribution in [1.29, 1.82) is 0 Å². The third-order valence-electron chi connectivity index (χ3n) is 5.61. The minimum atomic E-state index is -0.180. The Balaban J connectivity index is 1.72. The van der Waals surface area contributed by atoms with Crippen molar-refractivity contribution in [1.82, 2.24) is 14.5 Å². The van der Waals surface area contributed by atoms with Crippen molar-refractivity contribution in [3.63, 3.8) is 0 Å². The van der Waals surface area contributed by atoms with Gasteiger partial charge in [-0.2, -0.15) is 4.98 Å². The molecule has 0 aliphatic heterocycles. The molecule has 0 spiro atoms. The van der Waals surface area contributed by atoms with E-state index in [0.29, 0.717) is 18.2 Å². The minimum Gasteiger partial charge on any atom is -0.494 e. The number of aromatic nitrogens is 3. The Morgan fingerprint density at radius 1 is 0.969 bits per heavy atom. The zero-order valence-corrected chi connectivity index (χ0v) is 18.1. The van der Waals surface area contributed by atoms with Crippen LogP contribution in [0.15, 0.2) is 78.9 Å². The zero-order chi connectivity index (χ0) is 22.1. The second-order valence-corrected chi connectivity index (χ2v) is 7.82. The number of nitrogens with zero attached hydrogens (tertiary/aromatic N) is 3. The number of rotatable bonds is 6. The van der Waals surface area contributed by atoms with Gasteiger partial charge >= 0.3 is 0 Å². The predicted molar refractivity (Wildman–Crippen MR) is 129 cm³/mol. The molecular formula is C26H25N5O. The molecule has 0 aliphatic carbocycles. The highest BCUT2D eigenvalue weighted by Gasteiger charge is 2.18. The van der Waals surface area contributed by atoms with Gasteiger partial charge in [0.15, 0.2) is 0 Å². The van der Waals surface area contributed by atoms with Crippen LogP contribution in [0.1, 0.15) is 24.2 Å². The fraction of sp³-hybridized carbons (Fsp3) is 0.154. The van der Waals surface area contributed by atoms with Gasteiger partial charge in [-0.1, -0.05) is 54.6 Å². The molecule has 0 bridgehead atoms. The zero-order valence-electron chi connectivity index (χ0n) is 18.1. The van der Waals surface area contributed by atoms with Crippen LogP contribution in [0.5, 0.6) is 5.75 Å². The van der Waals surface area contributed by atoms with Crippen molar-refractivity contribution in [2.75, 3.05) is 12.4 Å². The summed E-state index contributed by atoms with van der Waals surface area (Å²) in [6.45, 7) is 2.62. The van der Waals surface area contributed by atoms with Gasteiger partial charge in [0.2, 0.25) is 5.95 Å². The number of benzene rings is 3. The van der Waals surface area contributed by atoms with E-state index in [1.54, 1.807) is 7.11 Å². The van der Waals surface area contributed by atoms with E-state index >= 15 is 0 Å². The smallest absolute Gasteiger partial charge is 0.237 e. The summed E-state index contributed by atoms with van der Waals surface area (Å²) in [6.07, 6.45) is 0. The van der Waals surface area contributed by atoms with E-state index in [2.05, 4.69) is 35.6 Å². The number of para-hydroxylation sites is 2. The first-order valence-corrected chi connectivity index (χ1v) is 10.6. The lowest BCUT2D eigenvalue weighted by Gasteiger charge is -2.16. The molecule has 5 rings (SSSR count). The highest BCUT2D eigenvalue weighted by Crippen LogP contribution is 2.32.